The molecule has 0 aliphatic carbocycles. The summed E-state index contributed by atoms with van der Waals surface area (Å²) in [6.07, 6.45) is -0.485. The van der Waals surface area contributed by atoms with Crippen molar-refractivity contribution < 1.29 is 9.53 Å². The van der Waals surface area contributed by atoms with E-state index in [4.69, 9.17) is 4.74 Å². The quantitative estimate of drug-likeness (QED) is 0.686. The van der Waals surface area contributed by atoms with Crippen molar-refractivity contribution in [1.29, 1.82) is 0 Å². The van der Waals surface area contributed by atoms with Gasteiger partial charge in [-0.3, -0.25) is 15.0 Å². The van der Waals surface area contributed by atoms with Gasteiger partial charge in [-0.2, -0.15) is 0 Å². The third-order valence-electron chi connectivity index (χ3n) is 5.08. The minimum absolute atomic E-state index is 0.135. The van der Waals surface area contributed by atoms with Crippen LogP contribution in [-0.2, 0) is 16.1 Å². The first-order valence-corrected chi connectivity index (χ1v) is 10.7. The second-order valence-electron chi connectivity index (χ2n) is 7.43. The number of rotatable bonds is 5. The van der Waals surface area contributed by atoms with E-state index in [1.807, 2.05) is 23.6 Å². The Kier molecular flexibility index (Phi) is 6.04. The standard InChI is InChI=1S/C23H25N3O2S/c1-16-8-9-19(17(2)12-16)20-15-29-23(24-20)25-22(27)21-14-26(10-11-28-21)13-18-6-4-3-5-7-18/h3-9,12,15,21H,10-11,13-14H2,1-2H3,(H,24,25,27). The van der Waals surface area contributed by atoms with Gasteiger partial charge in [-0.05, 0) is 25.0 Å². The third-order valence-corrected chi connectivity index (χ3v) is 5.84. The largest absolute Gasteiger partial charge is 0.366 e. The molecule has 3 aromatic rings. The van der Waals surface area contributed by atoms with Crippen molar-refractivity contribution in [2.75, 3.05) is 25.0 Å². The number of nitrogens with one attached hydrogen (secondary N) is 1. The summed E-state index contributed by atoms with van der Waals surface area (Å²) in [6, 6.07) is 16.6. The van der Waals surface area contributed by atoms with Crippen LogP contribution in [0, 0.1) is 13.8 Å². The van der Waals surface area contributed by atoms with Gasteiger partial charge in [0, 0.05) is 30.6 Å². The highest BCUT2D eigenvalue weighted by atomic mass is 32.1. The van der Waals surface area contributed by atoms with E-state index >= 15 is 0 Å². The Labute approximate surface area is 175 Å². The van der Waals surface area contributed by atoms with Crippen LogP contribution in [-0.4, -0.2) is 41.6 Å². The van der Waals surface area contributed by atoms with E-state index in [-0.39, 0.29) is 5.91 Å². The third kappa shape index (κ3) is 4.90. The Morgan fingerprint density at radius 2 is 2.07 bits per heavy atom. The summed E-state index contributed by atoms with van der Waals surface area (Å²) in [6.45, 7) is 6.94. The number of carbonyl (C=O) groups excluding carboxylic acids is 1. The molecule has 1 unspecified atom stereocenters. The summed E-state index contributed by atoms with van der Waals surface area (Å²) in [7, 11) is 0. The van der Waals surface area contributed by atoms with E-state index in [0.717, 1.165) is 24.3 Å². The lowest BCUT2D eigenvalue weighted by Gasteiger charge is -2.31. The molecule has 29 heavy (non-hydrogen) atoms. The first kappa shape index (κ1) is 19.8. The second-order valence-corrected chi connectivity index (χ2v) is 8.28. The molecular formula is C23H25N3O2S. The van der Waals surface area contributed by atoms with Gasteiger partial charge in [0.2, 0.25) is 0 Å². The number of benzene rings is 2. The molecule has 1 aliphatic heterocycles. The summed E-state index contributed by atoms with van der Waals surface area (Å²) >= 11 is 1.44. The van der Waals surface area contributed by atoms with E-state index in [2.05, 4.69) is 59.4 Å². The van der Waals surface area contributed by atoms with E-state index in [1.165, 1.54) is 28.0 Å². The molecule has 1 saturated heterocycles. The number of anilines is 1. The SMILES string of the molecule is Cc1ccc(-c2csc(NC(=O)C3CN(Cc4ccccc4)CCO3)n2)c(C)c1. The number of morpholine rings is 1. The fourth-order valence-electron chi connectivity index (χ4n) is 3.59. The second kappa shape index (κ2) is 8.86. The molecule has 150 valence electrons. The van der Waals surface area contributed by atoms with Crippen LogP contribution in [0.15, 0.2) is 53.9 Å². The molecule has 5 nitrogen and oxygen atoms in total. The normalized spacial score (nSPS) is 17.2. The van der Waals surface area contributed by atoms with Crippen molar-refractivity contribution in [3.63, 3.8) is 0 Å². The Morgan fingerprint density at radius 1 is 1.24 bits per heavy atom. The molecule has 2 aromatic carbocycles. The molecule has 4 rings (SSSR count). The fraction of sp³-hybridized carbons (Fsp3) is 0.304. The smallest absolute Gasteiger partial charge is 0.256 e. The number of nitrogens with zero attached hydrogens (tertiary/aromatic N) is 2. The zero-order valence-electron chi connectivity index (χ0n) is 16.7. The van der Waals surface area contributed by atoms with Crippen molar-refractivity contribution in [3.8, 4) is 11.3 Å². The summed E-state index contributed by atoms with van der Waals surface area (Å²) in [5, 5.41) is 5.52. The zero-order valence-corrected chi connectivity index (χ0v) is 17.5. The first-order chi connectivity index (χ1) is 14.1. The van der Waals surface area contributed by atoms with Gasteiger partial charge in [-0.1, -0.05) is 54.1 Å². The van der Waals surface area contributed by atoms with Gasteiger partial charge in [-0.25, -0.2) is 4.98 Å². The minimum atomic E-state index is -0.485. The molecular weight excluding hydrogens is 382 g/mol. The Bertz CT molecular complexity index is 987. The molecule has 1 atom stereocenters. The summed E-state index contributed by atoms with van der Waals surface area (Å²) in [5.41, 5.74) is 5.63. The van der Waals surface area contributed by atoms with Crippen LogP contribution in [0.4, 0.5) is 5.13 Å². The summed E-state index contributed by atoms with van der Waals surface area (Å²) in [4.78, 5) is 19.6. The van der Waals surface area contributed by atoms with Crippen LogP contribution in [0.5, 0.6) is 0 Å². The molecule has 6 heteroatoms. The molecule has 1 aliphatic rings. The molecule has 2 heterocycles. The molecule has 0 radical (unpaired) electrons. The lowest BCUT2D eigenvalue weighted by atomic mass is 10.0. The van der Waals surface area contributed by atoms with Gasteiger partial charge < -0.3 is 4.74 Å². The van der Waals surface area contributed by atoms with Gasteiger partial charge >= 0.3 is 0 Å². The Hall–Kier alpha value is -2.54. The number of aromatic nitrogens is 1. The number of hydrogen-bond acceptors (Lipinski definition) is 5. The van der Waals surface area contributed by atoms with Crippen LogP contribution < -0.4 is 5.32 Å². The van der Waals surface area contributed by atoms with Crippen LogP contribution in [0.3, 0.4) is 0 Å². The average Bonchev–Trinajstić information content (AvgIpc) is 3.17. The van der Waals surface area contributed by atoms with Gasteiger partial charge in [-0.15, -0.1) is 11.3 Å². The number of ether oxygens (including phenoxy) is 1. The zero-order chi connectivity index (χ0) is 20.2. The number of amides is 1. The monoisotopic (exact) mass is 407 g/mol. The summed E-state index contributed by atoms with van der Waals surface area (Å²) in [5.74, 6) is -0.135. The van der Waals surface area contributed by atoms with Gasteiger partial charge in [0.1, 0.15) is 6.10 Å². The maximum atomic E-state index is 12.7. The maximum Gasteiger partial charge on any atom is 0.256 e. The Morgan fingerprint density at radius 3 is 2.86 bits per heavy atom. The topological polar surface area (TPSA) is 54.5 Å². The van der Waals surface area contributed by atoms with Crippen molar-refractivity contribution in [1.82, 2.24) is 9.88 Å². The number of carbonyl (C=O) groups is 1. The van der Waals surface area contributed by atoms with E-state index in [9.17, 15) is 4.79 Å². The summed E-state index contributed by atoms with van der Waals surface area (Å²) < 4.78 is 5.73. The van der Waals surface area contributed by atoms with E-state index < -0.39 is 6.10 Å². The van der Waals surface area contributed by atoms with Crippen molar-refractivity contribution in [2.24, 2.45) is 0 Å². The highest BCUT2D eigenvalue weighted by Crippen LogP contribution is 2.28. The molecule has 0 bridgehead atoms. The highest BCUT2D eigenvalue weighted by Gasteiger charge is 2.27. The lowest BCUT2D eigenvalue weighted by molar-refractivity contribution is -0.133. The van der Waals surface area contributed by atoms with Crippen LogP contribution in [0.1, 0.15) is 16.7 Å². The molecule has 0 saturated carbocycles. The van der Waals surface area contributed by atoms with Gasteiger partial charge in [0.05, 0.1) is 12.3 Å². The predicted molar refractivity (Wildman–Crippen MR) is 117 cm³/mol. The maximum absolute atomic E-state index is 12.7. The first-order valence-electron chi connectivity index (χ1n) is 9.80. The molecule has 1 aromatic heterocycles. The van der Waals surface area contributed by atoms with Crippen LogP contribution >= 0.6 is 11.3 Å². The van der Waals surface area contributed by atoms with Crippen molar-refractivity contribution >= 4 is 22.4 Å². The predicted octanol–water partition coefficient (Wildman–Crippen LogP) is 4.27. The van der Waals surface area contributed by atoms with E-state index in [0.29, 0.717) is 18.3 Å². The van der Waals surface area contributed by atoms with Crippen molar-refractivity contribution in [2.45, 2.75) is 26.5 Å². The fourth-order valence-corrected chi connectivity index (χ4v) is 4.30. The highest BCUT2D eigenvalue weighted by molar-refractivity contribution is 7.14. The number of thiazole rings is 1. The van der Waals surface area contributed by atoms with Crippen molar-refractivity contribution in [3.05, 3.63) is 70.6 Å². The molecule has 1 N–H and O–H groups in total. The molecule has 0 spiro atoms. The number of hydrogen-bond donors (Lipinski definition) is 1. The molecule has 1 amide bonds. The Balaban J connectivity index is 1.38. The minimum Gasteiger partial charge on any atom is -0.366 e. The van der Waals surface area contributed by atoms with Gasteiger partial charge in [0.25, 0.3) is 5.91 Å². The van der Waals surface area contributed by atoms with E-state index in [1.54, 1.807) is 0 Å². The molecule has 1 fully saturated rings. The number of aryl methyl sites for hydroxylation is 2. The lowest BCUT2D eigenvalue weighted by Crippen LogP contribution is -2.47. The average molecular weight is 408 g/mol. The van der Waals surface area contributed by atoms with Crippen LogP contribution in [0.25, 0.3) is 11.3 Å². The van der Waals surface area contributed by atoms with Crippen LogP contribution in [0.2, 0.25) is 0 Å². The van der Waals surface area contributed by atoms with Gasteiger partial charge in [0.15, 0.2) is 5.13 Å².